The lowest BCUT2D eigenvalue weighted by molar-refractivity contribution is 0.470. The number of aromatic hydroxyl groups is 1. The van der Waals surface area contributed by atoms with Crippen LogP contribution in [0, 0.1) is 19.1 Å². The summed E-state index contributed by atoms with van der Waals surface area (Å²) < 4.78 is 0. The van der Waals surface area contributed by atoms with Crippen LogP contribution in [0.1, 0.15) is 5.56 Å². The van der Waals surface area contributed by atoms with E-state index < -0.39 is 0 Å². The Bertz CT molecular complexity index is 160. The molecule has 0 heterocycles. The second-order valence-electron chi connectivity index (χ2n) is 1.60. The van der Waals surface area contributed by atoms with E-state index in [2.05, 4.69) is 12.1 Å². The first-order chi connectivity index (χ1) is 3.80. The van der Waals surface area contributed by atoms with Crippen LogP contribution in [0.15, 0.2) is 12.1 Å². The summed E-state index contributed by atoms with van der Waals surface area (Å²) in [5.74, 6) is 0.188. The van der Waals surface area contributed by atoms with Crippen molar-refractivity contribution in [3.05, 3.63) is 29.8 Å². The first-order valence-electron chi connectivity index (χ1n) is 2.38. The molecule has 1 rings (SSSR count). The molecule has 0 aliphatic carbocycles. The number of hydrogen-bond acceptors (Lipinski definition) is 1. The number of rotatable bonds is 0. The van der Waals surface area contributed by atoms with Gasteiger partial charge < -0.3 is 5.11 Å². The Morgan fingerprint density at radius 1 is 1.38 bits per heavy atom. The van der Waals surface area contributed by atoms with Crippen molar-refractivity contribution in [2.24, 2.45) is 0 Å². The van der Waals surface area contributed by atoms with Gasteiger partial charge in [0.15, 0.2) is 0 Å². The molecule has 0 aliphatic rings. The average Bonchev–Trinajstić information content (AvgIpc) is 1.77. The largest absolute Gasteiger partial charge is 0.507 e. The van der Waals surface area contributed by atoms with Crippen LogP contribution in [0.3, 0.4) is 0 Å². The summed E-state index contributed by atoms with van der Waals surface area (Å²) in [6, 6.07) is 8.79. The van der Waals surface area contributed by atoms with Crippen LogP contribution in [0.2, 0.25) is 0 Å². The zero-order valence-electron chi connectivity index (χ0n) is 4.60. The molecule has 1 aromatic rings. The van der Waals surface area contributed by atoms with Crippen molar-refractivity contribution in [3.8, 4) is 5.75 Å². The van der Waals surface area contributed by atoms with E-state index >= 15 is 0 Å². The van der Waals surface area contributed by atoms with Crippen LogP contribution in [0.5, 0.6) is 5.75 Å². The molecule has 0 atom stereocenters. The fraction of sp³-hybridized carbons (Fsp3) is 0.143. The molecule has 0 bridgehead atoms. The van der Waals surface area contributed by atoms with Crippen molar-refractivity contribution in [3.63, 3.8) is 0 Å². The van der Waals surface area contributed by atoms with Gasteiger partial charge in [0.2, 0.25) is 0 Å². The Morgan fingerprint density at radius 2 is 2.00 bits per heavy atom. The molecule has 1 aromatic carbocycles. The molecule has 40 valence electrons. The second kappa shape index (κ2) is 1.86. The van der Waals surface area contributed by atoms with Gasteiger partial charge in [0, 0.05) is 6.07 Å². The third kappa shape index (κ3) is 0.808. The maximum atomic E-state index is 8.83. The van der Waals surface area contributed by atoms with E-state index in [9.17, 15) is 0 Å². The monoisotopic (exact) mass is 106 g/mol. The highest BCUT2D eigenvalue weighted by molar-refractivity contribution is 5.27. The van der Waals surface area contributed by atoms with E-state index in [4.69, 9.17) is 5.11 Å². The van der Waals surface area contributed by atoms with Gasteiger partial charge in [-0.3, -0.25) is 0 Å². The van der Waals surface area contributed by atoms with Gasteiger partial charge in [0.1, 0.15) is 5.75 Å². The first kappa shape index (κ1) is 5.16. The summed E-state index contributed by atoms with van der Waals surface area (Å²) in [6.45, 7) is 1.78. The summed E-state index contributed by atoms with van der Waals surface area (Å²) in [5.41, 5.74) is 0.743. The van der Waals surface area contributed by atoms with Crippen molar-refractivity contribution < 1.29 is 5.11 Å². The van der Waals surface area contributed by atoms with Gasteiger partial charge in [0.05, 0.1) is 0 Å². The fourth-order valence-corrected chi connectivity index (χ4v) is 0.464. The van der Waals surface area contributed by atoms with E-state index in [-0.39, 0.29) is 5.75 Å². The van der Waals surface area contributed by atoms with Gasteiger partial charge in [-0.2, -0.15) is 0 Å². The van der Waals surface area contributed by atoms with Crippen LogP contribution in [-0.2, 0) is 0 Å². The molecule has 0 unspecified atom stereocenters. The summed E-state index contributed by atoms with van der Waals surface area (Å²) in [5, 5.41) is 8.83. The fourth-order valence-electron chi connectivity index (χ4n) is 0.464. The minimum absolute atomic E-state index is 0.188. The summed E-state index contributed by atoms with van der Waals surface area (Å²) in [4.78, 5) is 0. The van der Waals surface area contributed by atoms with E-state index in [0.717, 1.165) is 5.56 Å². The maximum absolute atomic E-state index is 8.83. The normalized spacial score (nSPS) is 9.12. The Hall–Kier alpha value is -0.980. The molecule has 0 fully saturated rings. The maximum Gasteiger partial charge on any atom is 0.127 e. The van der Waals surface area contributed by atoms with Crippen LogP contribution in [0.4, 0.5) is 0 Å². The highest BCUT2D eigenvalue weighted by Crippen LogP contribution is 2.10. The molecule has 2 radical (unpaired) electrons. The lowest BCUT2D eigenvalue weighted by Crippen LogP contribution is -1.70. The van der Waals surface area contributed by atoms with Crippen molar-refractivity contribution in [2.45, 2.75) is 6.92 Å². The van der Waals surface area contributed by atoms with E-state index in [1.165, 1.54) is 0 Å². The van der Waals surface area contributed by atoms with Gasteiger partial charge in [0.25, 0.3) is 0 Å². The molecule has 1 nitrogen and oxygen atoms in total. The summed E-state index contributed by atoms with van der Waals surface area (Å²) >= 11 is 0. The topological polar surface area (TPSA) is 20.2 Å². The Kier molecular flexibility index (Phi) is 1.20. The third-order valence-electron chi connectivity index (χ3n) is 0.958. The Labute approximate surface area is 48.6 Å². The zero-order chi connectivity index (χ0) is 5.98. The molecule has 0 amide bonds. The van der Waals surface area contributed by atoms with Crippen LogP contribution in [0.25, 0.3) is 0 Å². The number of phenolic OH excluding ortho intramolecular Hbond substituents is 1. The Morgan fingerprint density at radius 3 is 2.38 bits per heavy atom. The minimum Gasteiger partial charge on any atom is -0.507 e. The molecular weight excluding hydrogens is 100 g/mol. The number of benzene rings is 1. The number of phenols is 1. The minimum atomic E-state index is 0.188. The van der Waals surface area contributed by atoms with Crippen molar-refractivity contribution >= 4 is 0 Å². The van der Waals surface area contributed by atoms with Crippen LogP contribution in [-0.4, -0.2) is 5.11 Å². The molecule has 1 N–H and O–H groups in total. The average molecular weight is 106 g/mol. The van der Waals surface area contributed by atoms with Crippen molar-refractivity contribution in [2.75, 3.05) is 0 Å². The predicted octanol–water partition coefficient (Wildman–Crippen LogP) is 1.30. The molecular formula is C7H6O. The standard InChI is InChI=1S/C7H6O/c1-6-4-2-3-5-7(6)8/h2-3,8H,1H3. The second-order valence-corrected chi connectivity index (χ2v) is 1.60. The van der Waals surface area contributed by atoms with E-state index in [0.29, 0.717) is 0 Å². The van der Waals surface area contributed by atoms with Crippen molar-refractivity contribution in [1.82, 2.24) is 0 Å². The zero-order valence-corrected chi connectivity index (χ0v) is 4.60. The number of hydrogen-bond donors (Lipinski definition) is 1. The lowest BCUT2D eigenvalue weighted by atomic mass is 10.2. The summed E-state index contributed by atoms with van der Waals surface area (Å²) in [6.07, 6.45) is 0. The first-order valence-corrected chi connectivity index (χ1v) is 2.38. The quantitative estimate of drug-likeness (QED) is 0.528. The molecule has 0 aliphatic heterocycles. The smallest absolute Gasteiger partial charge is 0.127 e. The highest BCUT2D eigenvalue weighted by atomic mass is 16.3. The number of aryl methyl sites for hydroxylation is 1. The van der Waals surface area contributed by atoms with Crippen LogP contribution < -0.4 is 0 Å². The molecule has 1 heteroatoms. The van der Waals surface area contributed by atoms with Crippen LogP contribution >= 0.6 is 0 Å². The van der Waals surface area contributed by atoms with Gasteiger partial charge in [-0.25, -0.2) is 0 Å². The van der Waals surface area contributed by atoms with Gasteiger partial charge in [-0.05, 0) is 24.6 Å². The van der Waals surface area contributed by atoms with Gasteiger partial charge in [-0.15, -0.1) is 0 Å². The van der Waals surface area contributed by atoms with Crippen molar-refractivity contribution in [1.29, 1.82) is 0 Å². The summed E-state index contributed by atoms with van der Waals surface area (Å²) in [7, 11) is 0. The van der Waals surface area contributed by atoms with E-state index in [1.54, 1.807) is 19.1 Å². The third-order valence-corrected chi connectivity index (χ3v) is 0.958. The predicted molar refractivity (Wildman–Crippen MR) is 30.5 cm³/mol. The molecule has 0 saturated carbocycles. The van der Waals surface area contributed by atoms with Gasteiger partial charge >= 0.3 is 0 Å². The molecule has 0 saturated heterocycles. The lowest BCUT2D eigenvalue weighted by Gasteiger charge is -1.90. The SMILES string of the molecule is Cc1[c]cc[c]c1O. The Balaban J connectivity index is 3.13. The van der Waals surface area contributed by atoms with E-state index in [1.807, 2.05) is 0 Å². The van der Waals surface area contributed by atoms with Gasteiger partial charge in [-0.1, -0.05) is 6.07 Å². The molecule has 0 spiro atoms. The molecule has 0 aromatic heterocycles. The highest BCUT2D eigenvalue weighted by Gasteiger charge is 1.88. The molecule has 8 heavy (non-hydrogen) atoms.